The number of urea groups is 1. The number of rotatable bonds is 7. The number of hydrogen-bond acceptors (Lipinski definition) is 3. The molecule has 0 saturated carbocycles. The number of hydrogen-bond donors (Lipinski definition) is 1. The van der Waals surface area contributed by atoms with Gasteiger partial charge in [0.2, 0.25) is 11.8 Å². The lowest BCUT2D eigenvalue weighted by atomic mass is 9.80. The first-order valence-electron chi connectivity index (χ1n) is 10.7. The normalized spacial score (nSPS) is 18.9. The Bertz CT molecular complexity index is 970. The molecule has 0 radical (unpaired) electrons. The van der Waals surface area contributed by atoms with Gasteiger partial charge in [-0.1, -0.05) is 78.9 Å². The van der Waals surface area contributed by atoms with Gasteiger partial charge in [-0.3, -0.25) is 19.8 Å². The molecule has 5 heteroatoms. The fourth-order valence-electron chi connectivity index (χ4n) is 4.31. The number of carbonyl (C=O) groups is 3. The van der Waals surface area contributed by atoms with Crippen LogP contribution < -0.4 is 5.32 Å². The van der Waals surface area contributed by atoms with Gasteiger partial charge in [-0.15, -0.1) is 0 Å². The molecule has 1 saturated heterocycles. The van der Waals surface area contributed by atoms with Crippen LogP contribution in [0.4, 0.5) is 4.79 Å². The second-order valence-corrected chi connectivity index (χ2v) is 8.09. The van der Waals surface area contributed by atoms with Crippen molar-refractivity contribution in [3.05, 3.63) is 95.6 Å². The number of barbiturate groups is 1. The van der Waals surface area contributed by atoms with Crippen molar-refractivity contribution in [2.24, 2.45) is 11.8 Å². The van der Waals surface area contributed by atoms with Crippen molar-refractivity contribution >= 4 is 17.8 Å². The molecule has 1 N–H and O–H groups in total. The molecule has 31 heavy (non-hydrogen) atoms. The zero-order valence-corrected chi connectivity index (χ0v) is 17.4. The maximum atomic E-state index is 13.4. The molecule has 4 amide bonds. The lowest BCUT2D eigenvalue weighted by molar-refractivity contribution is -0.144. The van der Waals surface area contributed by atoms with Gasteiger partial charge in [0.05, 0.1) is 6.54 Å². The van der Waals surface area contributed by atoms with Crippen LogP contribution in [-0.4, -0.2) is 29.3 Å². The Balaban J connectivity index is 1.61. The summed E-state index contributed by atoms with van der Waals surface area (Å²) in [5.74, 6) is -2.09. The van der Waals surface area contributed by atoms with Crippen LogP contribution in [-0.2, 0) is 22.4 Å². The fourth-order valence-corrected chi connectivity index (χ4v) is 4.31. The summed E-state index contributed by atoms with van der Waals surface area (Å²) in [6, 6.07) is 19.1. The summed E-state index contributed by atoms with van der Waals surface area (Å²) in [6.07, 6.45) is 9.02. The van der Waals surface area contributed by atoms with Gasteiger partial charge < -0.3 is 0 Å². The third-order valence-corrected chi connectivity index (χ3v) is 5.86. The van der Waals surface area contributed by atoms with Gasteiger partial charge in [0.25, 0.3) is 0 Å². The highest BCUT2D eigenvalue weighted by Gasteiger charge is 2.44. The van der Waals surface area contributed by atoms with Crippen LogP contribution in [0.25, 0.3) is 0 Å². The van der Waals surface area contributed by atoms with E-state index in [0.717, 1.165) is 29.5 Å². The largest absolute Gasteiger partial charge is 0.331 e. The Morgan fingerprint density at radius 3 is 2.03 bits per heavy atom. The van der Waals surface area contributed by atoms with Crippen LogP contribution in [0.2, 0.25) is 0 Å². The summed E-state index contributed by atoms with van der Waals surface area (Å²) < 4.78 is 0. The van der Waals surface area contributed by atoms with Gasteiger partial charge in [0.1, 0.15) is 5.92 Å². The standard InChI is InChI=1S/C26H26N2O3/c29-24-23(25(30)28(26(31)27-24)18-21-14-8-3-9-15-21)22(16-19-10-4-1-5-11-19)17-20-12-6-2-7-13-20/h1-2,4-8,10-15,22-23H,3,9,16-18H2,(H,27,29,31). The van der Waals surface area contributed by atoms with Crippen molar-refractivity contribution in [1.82, 2.24) is 10.2 Å². The van der Waals surface area contributed by atoms with Gasteiger partial charge in [-0.05, 0) is 48.3 Å². The van der Waals surface area contributed by atoms with E-state index in [4.69, 9.17) is 0 Å². The number of amides is 4. The molecule has 1 fully saturated rings. The number of benzene rings is 2. The van der Waals surface area contributed by atoms with Crippen LogP contribution in [0, 0.1) is 11.8 Å². The minimum Gasteiger partial charge on any atom is -0.277 e. The molecule has 0 aromatic heterocycles. The molecule has 0 bridgehead atoms. The number of allylic oxidation sites excluding steroid dienone is 2. The van der Waals surface area contributed by atoms with Crippen molar-refractivity contribution in [2.75, 3.05) is 6.54 Å². The second-order valence-electron chi connectivity index (χ2n) is 8.09. The number of nitrogens with one attached hydrogen (secondary N) is 1. The molecule has 2 aromatic carbocycles. The third kappa shape index (κ3) is 5.00. The van der Waals surface area contributed by atoms with Crippen LogP contribution in [0.3, 0.4) is 0 Å². The zero-order valence-electron chi connectivity index (χ0n) is 17.4. The molecule has 5 nitrogen and oxygen atoms in total. The van der Waals surface area contributed by atoms with E-state index >= 15 is 0 Å². The molecular formula is C26H26N2O3. The maximum Gasteiger partial charge on any atom is 0.331 e. The molecule has 2 aliphatic rings. The van der Waals surface area contributed by atoms with Gasteiger partial charge >= 0.3 is 6.03 Å². The molecular weight excluding hydrogens is 388 g/mol. The van der Waals surface area contributed by atoms with E-state index in [1.165, 1.54) is 4.90 Å². The van der Waals surface area contributed by atoms with Gasteiger partial charge in [0, 0.05) is 0 Å². The first-order chi connectivity index (χ1) is 15.1. The van der Waals surface area contributed by atoms with E-state index in [2.05, 4.69) is 5.32 Å². The highest BCUT2D eigenvalue weighted by atomic mass is 16.2. The second kappa shape index (κ2) is 9.56. The molecule has 158 valence electrons. The topological polar surface area (TPSA) is 66.5 Å². The van der Waals surface area contributed by atoms with E-state index in [0.29, 0.717) is 12.8 Å². The van der Waals surface area contributed by atoms with Crippen LogP contribution >= 0.6 is 0 Å². The first kappa shape index (κ1) is 20.8. The average molecular weight is 415 g/mol. The smallest absolute Gasteiger partial charge is 0.277 e. The van der Waals surface area contributed by atoms with E-state index in [1.807, 2.05) is 78.9 Å². The molecule has 1 heterocycles. The summed E-state index contributed by atoms with van der Waals surface area (Å²) in [5.41, 5.74) is 3.04. The third-order valence-electron chi connectivity index (χ3n) is 5.86. The van der Waals surface area contributed by atoms with E-state index in [1.54, 1.807) is 0 Å². The minimum atomic E-state index is -0.911. The lowest BCUT2D eigenvalue weighted by Crippen LogP contribution is -2.60. The highest BCUT2D eigenvalue weighted by molar-refractivity contribution is 6.16. The van der Waals surface area contributed by atoms with E-state index in [9.17, 15) is 14.4 Å². The SMILES string of the molecule is O=C1NC(=O)N(CC2=CCCC=C2)C(=O)C1C(Cc1ccccc1)Cc1ccccc1. The predicted molar refractivity (Wildman–Crippen MR) is 119 cm³/mol. The van der Waals surface area contributed by atoms with Crippen molar-refractivity contribution < 1.29 is 14.4 Å². The monoisotopic (exact) mass is 414 g/mol. The van der Waals surface area contributed by atoms with E-state index in [-0.39, 0.29) is 12.5 Å². The molecule has 1 aliphatic carbocycles. The Morgan fingerprint density at radius 1 is 0.871 bits per heavy atom. The molecule has 1 unspecified atom stereocenters. The van der Waals surface area contributed by atoms with Crippen molar-refractivity contribution in [2.45, 2.75) is 25.7 Å². The summed E-state index contributed by atoms with van der Waals surface area (Å²) in [7, 11) is 0. The van der Waals surface area contributed by atoms with Gasteiger partial charge in [-0.25, -0.2) is 4.79 Å². The van der Waals surface area contributed by atoms with Crippen molar-refractivity contribution in [1.29, 1.82) is 0 Å². The number of imide groups is 2. The highest BCUT2D eigenvalue weighted by Crippen LogP contribution is 2.28. The molecule has 4 rings (SSSR count). The molecule has 0 spiro atoms. The predicted octanol–water partition coefficient (Wildman–Crippen LogP) is 4.06. The molecule has 2 aromatic rings. The summed E-state index contributed by atoms with van der Waals surface area (Å²) >= 11 is 0. The zero-order chi connectivity index (χ0) is 21.6. The fraction of sp³-hybridized carbons (Fsp3) is 0.269. The summed E-state index contributed by atoms with van der Waals surface area (Å²) in [4.78, 5) is 40.0. The average Bonchev–Trinajstić information content (AvgIpc) is 2.78. The van der Waals surface area contributed by atoms with Gasteiger partial charge in [0.15, 0.2) is 0 Å². The number of carbonyl (C=O) groups excluding carboxylic acids is 3. The van der Waals surface area contributed by atoms with Crippen molar-refractivity contribution in [3.63, 3.8) is 0 Å². The summed E-state index contributed by atoms with van der Waals surface area (Å²) in [6.45, 7) is 0.189. The van der Waals surface area contributed by atoms with Crippen LogP contribution in [0.5, 0.6) is 0 Å². The lowest BCUT2D eigenvalue weighted by Gasteiger charge is -2.34. The van der Waals surface area contributed by atoms with Crippen molar-refractivity contribution in [3.8, 4) is 0 Å². The Hall–Kier alpha value is -3.47. The maximum absolute atomic E-state index is 13.4. The number of nitrogens with zero attached hydrogens (tertiary/aromatic N) is 1. The quantitative estimate of drug-likeness (QED) is 0.695. The first-order valence-corrected chi connectivity index (χ1v) is 10.7. The van der Waals surface area contributed by atoms with E-state index < -0.39 is 23.8 Å². The Morgan fingerprint density at radius 2 is 1.48 bits per heavy atom. The van der Waals surface area contributed by atoms with Crippen LogP contribution in [0.15, 0.2) is 84.5 Å². The van der Waals surface area contributed by atoms with Crippen LogP contribution in [0.1, 0.15) is 24.0 Å². The Labute approximate surface area is 182 Å². The molecule has 1 atom stereocenters. The molecule has 1 aliphatic heterocycles. The van der Waals surface area contributed by atoms with Gasteiger partial charge in [-0.2, -0.15) is 0 Å². The Kier molecular flexibility index (Phi) is 6.41. The minimum absolute atomic E-state index is 0.189. The summed E-state index contributed by atoms with van der Waals surface area (Å²) in [5, 5.41) is 2.43.